The molecular weight excluding hydrogens is 328 g/mol. The van der Waals surface area contributed by atoms with Gasteiger partial charge in [0, 0.05) is 18.8 Å². The molecule has 2 aromatic carbocycles. The molecule has 0 bridgehead atoms. The van der Waals surface area contributed by atoms with Crippen LogP contribution >= 0.6 is 0 Å². The maximum absolute atomic E-state index is 12.0. The van der Waals surface area contributed by atoms with Gasteiger partial charge in [-0.2, -0.15) is 0 Å². The minimum absolute atomic E-state index is 0.0227. The van der Waals surface area contributed by atoms with Gasteiger partial charge in [-0.05, 0) is 49.6 Å². The standard InChI is InChI=1S/C20H26N4O2/c1-2-21-20(22-14-6-9-16-7-4-3-5-8-16)23-15-19(26)24-17-10-12-18(25)13-11-17/h3-5,7-8,10-13,25H,2,6,9,14-15H2,1H3,(H,24,26)(H2,21,22,23). The number of nitrogens with one attached hydrogen (secondary N) is 3. The smallest absolute Gasteiger partial charge is 0.246 e. The van der Waals surface area contributed by atoms with Crippen LogP contribution < -0.4 is 16.0 Å². The number of nitrogens with zero attached hydrogens (tertiary/aromatic N) is 1. The van der Waals surface area contributed by atoms with Gasteiger partial charge >= 0.3 is 0 Å². The van der Waals surface area contributed by atoms with E-state index in [-0.39, 0.29) is 18.2 Å². The Bertz CT molecular complexity index is 700. The molecule has 0 aliphatic rings. The molecule has 0 aromatic heterocycles. The lowest BCUT2D eigenvalue weighted by molar-refractivity contribution is -0.114. The predicted octanol–water partition coefficient (Wildman–Crippen LogP) is 2.52. The van der Waals surface area contributed by atoms with Crippen molar-refractivity contribution in [1.82, 2.24) is 10.6 Å². The highest BCUT2D eigenvalue weighted by atomic mass is 16.3. The molecule has 2 rings (SSSR count). The van der Waals surface area contributed by atoms with Crippen LogP contribution in [0.2, 0.25) is 0 Å². The van der Waals surface area contributed by atoms with Gasteiger partial charge in [0.15, 0.2) is 5.96 Å². The van der Waals surface area contributed by atoms with Gasteiger partial charge in [-0.1, -0.05) is 30.3 Å². The topological polar surface area (TPSA) is 85.8 Å². The van der Waals surface area contributed by atoms with Crippen molar-refractivity contribution in [3.8, 4) is 5.75 Å². The quantitative estimate of drug-likeness (QED) is 0.254. The van der Waals surface area contributed by atoms with Gasteiger partial charge < -0.3 is 21.1 Å². The average molecular weight is 354 g/mol. The van der Waals surface area contributed by atoms with Crippen molar-refractivity contribution in [1.29, 1.82) is 0 Å². The zero-order valence-corrected chi connectivity index (χ0v) is 15.0. The molecule has 26 heavy (non-hydrogen) atoms. The number of aliphatic imine (C=N–C) groups is 1. The number of phenols is 1. The van der Waals surface area contributed by atoms with E-state index in [0.29, 0.717) is 11.6 Å². The summed E-state index contributed by atoms with van der Waals surface area (Å²) in [6, 6.07) is 16.7. The minimum atomic E-state index is -0.211. The van der Waals surface area contributed by atoms with E-state index in [1.165, 1.54) is 17.7 Å². The fourth-order valence-corrected chi connectivity index (χ4v) is 2.38. The summed E-state index contributed by atoms with van der Waals surface area (Å²) in [7, 11) is 0. The first kappa shape index (κ1) is 19.3. The van der Waals surface area contributed by atoms with Gasteiger partial charge in [-0.3, -0.25) is 4.79 Å². The molecule has 0 fully saturated rings. The van der Waals surface area contributed by atoms with E-state index in [0.717, 1.165) is 25.9 Å². The van der Waals surface area contributed by atoms with Crippen LogP contribution in [-0.2, 0) is 11.2 Å². The summed E-state index contributed by atoms with van der Waals surface area (Å²) in [5, 5.41) is 18.4. The lowest BCUT2D eigenvalue weighted by Gasteiger charge is -2.11. The van der Waals surface area contributed by atoms with Crippen LogP contribution in [0.1, 0.15) is 18.9 Å². The largest absolute Gasteiger partial charge is 0.508 e. The van der Waals surface area contributed by atoms with Crippen molar-refractivity contribution in [3.63, 3.8) is 0 Å². The first-order chi connectivity index (χ1) is 12.7. The zero-order chi connectivity index (χ0) is 18.6. The second-order valence-electron chi connectivity index (χ2n) is 5.81. The Hall–Kier alpha value is -3.02. The number of guanidine groups is 1. The number of aromatic hydroxyl groups is 1. The lowest BCUT2D eigenvalue weighted by atomic mass is 10.1. The molecule has 138 valence electrons. The molecule has 0 saturated carbocycles. The molecule has 6 nitrogen and oxygen atoms in total. The Morgan fingerprint density at radius 3 is 2.46 bits per heavy atom. The number of aryl methyl sites for hydroxylation is 1. The molecule has 0 unspecified atom stereocenters. The van der Waals surface area contributed by atoms with E-state index in [1.54, 1.807) is 12.1 Å². The van der Waals surface area contributed by atoms with Crippen LogP contribution in [0.3, 0.4) is 0 Å². The van der Waals surface area contributed by atoms with Crippen molar-refractivity contribution in [3.05, 3.63) is 60.2 Å². The van der Waals surface area contributed by atoms with Crippen LogP contribution in [0.25, 0.3) is 0 Å². The number of benzene rings is 2. The molecule has 0 saturated heterocycles. The number of phenolic OH excluding ortho intramolecular Hbond substituents is 1. The molecule has 4 N–H and O–H groups in total. The highest BCUT2D eigenvalue weighted by Gasteiger charge is 2.03. The Morgan fingerprint density at radius 1 is 1.04 bits per heavy atom. The summed E-state index contributed by atoms with van der Waals surface area (Å²) in [5.74, 6) is 0.578. The third-order valence-electron chi connectivity index (χ3n) is 3.65. The number of hydrogen-bond donors (Lipinski definition) is 4. The Balaban J connectivity index is 1.75. The second-order valence-corrected chi connectivity index (χ2v) is 5.81. The third-order valence-corrected chi connectivity index (χ3v) is 3.65. The number of hydrogen-bond acceptors (Lipinski definition) is 3. The van der Waals surface area contributed by atoms with E-state index in [2.05, 4.69) is 33.1 Å². The van der Waals surface area contributed by atoms with Crippen molar-refractivity contribution >= 4 is 17.6 Å². The van der Waals surface area contributed by atoms with Gasteiger partial charge in [0.05, 0.1) is 0 Å². The Labute approximate surface area is 154 Å². The second kappa shape index (κ2) is 10.8. The molecule has 0 aliphatic heterocycles. The van der Waals surface area contributed by atoms with Crippen LogP contribution in [0.4, 0.5) is 5.69 Å². The Kier molecular flexibility index (Phi) is 7.99. The highest BCUT2D eigenvalue weighted by Crippen LogP contribution is 2.13. The summed E-state index contributed by atoms with van der Waals surface area (Å²) in [5.41, 5.74) is 1.94. The molecule has 2 aromatic rings. The normalized spacial score (nSPS) is 11.0. The number of rotatable bonds is 8. The molecule has 6 heteroatoms. The molecule has 0 radical (unpaired) electrons. The van der Waals surface area contributed by atoms with Crippen LogP contribution in [0, 0.1) is 0 Å². The molecule has 0 heterocycles. The summed E-state index contributed by atoms with van der Waals surface area (Å²) in [6.07, 6.45) is 1.97. The van der Waals surface area contributed by atoms with Crippen molar-refractivity contribution < 1.29 is 9.90 Å². The minimum Gasteiger partial charge on any atom is -0.508 e. The molecule has 0 spiro atoms. The maximum atomic E-state index is 12.0. The van der Waals surface area contributed by atoms with Gasteiger partial charge in [0.2, 0.25) is 5.91 Å². The van der Waals surface area contributed by atoms with E-state index in [9.17, 15) is 9.90 Å². The van der Waals surface area contributed by atoms with Gasteiger partial charge in [0.25, 0.3) is 0 Å². The summed E-state index contributed by atoms with van der Waals surface area (Å²) >= 11 is 0. The number of carbonyl (C=O) groups excluding carboxylic acids is 1. The van der Waals surface area contributed by atoms with Crippen molar-refractivity contribution in [2.45, 2.75) is 19.8 Å². The fraction of sp³-hybridized carbons (Fsp3) is 0.300. The summed E-state index contributed by atoms with van der Waals surface area (Å²) in [4.78, 5) is 16.3. The van der Waals surface area contributed by atoms with Crippen molar-refractivity contribution in [2.75, 3.05) is 25.0 Å². The van der Waals surface area contributed by atoms with Crippen LogP contribution in [0.5, 0.6) is 5.75 Å². The summed E-state index contributed by atoms with van der Waals surface area (Å²) < 4.78 is 0. The van der Waals surface area contributed by atoms with Gasteiger partial charge in [0.1, 0.15) is 12.3 Å². The predicted molar refractivity (Wildman–Crippen MR) is 105 cm³/mol. The SMILES string of the molecule is CCNC(=NCC(=O)Nc1ccc(O)cc1)NCCCc1ccccc1. The zero-order valence-electron chi connectivity index (χ0n) is 15.0. The van der Waals surface area contributed by atoms with Crippen LogP contribution in [-0.4, -0.2) is 36.6 Å². The maximum Gasteiger partial charge on any atom is 0.246 e. The molecule has 1 amide bonds. The number of carbonyl (C=O) groups is 1. The molecule has 0 aliphatic carbocycles. The lowest BCUT2D eigenvalue weighted by Crippen LogP contribution is -2.38. The average Bonchev–Trinajstić information content (AvgIpc) is 2.66. The molecule has 0 atom stereocenters. The van der Waals surface area contributed by atoms with E-state index in [4.69, 9.17) is 0 Å². The van der Waals surface area contributed by atoms with E-state index >= 15 is 0 Å². The highest BCUT2D eigenvalue weighted by molar-refractivity contribution is 5.94. The summed E-state index contributed by atoms with van der Waals surface area (Å²) in [6.45, 7) is 3.51. The third kappa shape index (κ3) is 7.25. The number of amides is 1. The first-order valence-corrected chi connectivity index (χ1v) is 8.82. The van der Waals surface area contributed by atoms with Gasteiger partial charge in [-0.15, -0.1) is 0 Å². The molecular formula is C20H26N4O2. The van der Waals surface area contributed by atoms with E-state index < -0.39 is 0 Å². The van der Waals surface area contributed by atoms with Gasteiger partial charge in [-0.25, -0.2) is 4.99 Å². The van der Waals surface area contributed by atoms with Crippen LogP contribution in [0.15, 0.2) is 59.6 Å². The monoisotopic (exact) mass is 354 g/mol. The fourth-order valence-electron chi connectivity index (χ4n) is 2.38. The Morgan fingerprint density at radius 2 is 1.77 bits per heavy atom. The first-order valence-electron chi connectivity index (χ1n) is 8.82. The number of anilines is 1. The van der Waals surface area contributed by atoms with Crippen molar-refractivity contribution in [2.24, 2.45) is 4.99 Å². The van der Waals surface area contributed by atoms with E-state index in [1.807, 2.05) is 25.1 Å².